The summed E-state index contributed by atoms with van der Waals surface area (Å²) < 4.78 is 4.72. The molecule has 0 unspecified atom stereocenters. The SMILES string of the molecule is COC(=O)[C@H]1CCCCNCC1. The second-order valence-corrected chi connectivity index (χ2v) is 3.25. The average Bonchev–Trinajstić information content (AvgIpc) is 2.02. The molecule has 0 aliphatic carbocycles. The van der Waals surface area contributed by atoms with Crippen LogP contribution in [-0.2, 0) is 9.53 Å². The molecule has 1 aliphatic rings. The van der Waals surface area contributed by atoms with Gasteiger partial charge in [0, 0.05) is 0 Å². The van der Waals surface area contributed by atoms with Crippen molar-refractivity contribution in [3.05, 3.63) is 0 Å². The Morgan fingerprint density at radius 2 is 2.17 bits per heavy atom. The Labute approximate surface area is 73.5 Å². The number of hydrogen-bond donors (Lipinski definition) is 1. The highest BCUT2D eigenvalue weighted by Crippen LogP contribution is 2.15. The van der Waals surface area contributed by atoms with Gasteiger partial charge in [0.2, 0.25) is 0 Å². The topological polar surface area (TPSA) is 38.3 Å². The van der Waals surface area contributed by atoms with Crippen molar-refractivity contribution in [2.24, 2.45) is 5.92 Å². The maximum Gasteiger partial charge on any atom is 0.308 e. The Morgan fingerprint density at radius 1 is 1.33 bits per heavy atom. The molecule has 0 amide bonds. The fourth-order valence-corrected chi connectivity index (χ4v) is 1.59. The number of methoxy groups -OCH3 is 1. The van der Waals surface area contributed by atoms with E-state index in [4.69, 9.17) is 4.74 Å². The molecule has 70 valence electrons. The molecule has 1 rings (SSSR count). The van der Waals surface area contributed by atoms with E-state index < -0.39 is 0 Å². The monoisotopic (exact) mass is 171 g/mol. The standard InChI is InChI=1S/C9H17NO2/c1-12-9(11)8-4-2-3-6-10-7-5-8/h8,10H,2-7H2,1H3/t8-/m0/s1. The van der Waals surface area contributed by atoms with Crippen LogP contribution in [-0.4, -0.2) is 26.2 Å². The van der Waals surface area contributed by atoms with Gasteiger partial charge in [-0.2, -0.15) is 0 Å². The zero-order valence-corrected chi connectivity index (χ0v) is 7.64. The van der Waals surface area contributed by atoms with E-state index in [-0.39, 0.29) is 11.9 Å². The van der Waals surface area contributed by atoms with Gasteiger partial charge in [0.15, 0.2) is 0 Å². The summed E-state index contributed by atoms with van der Waals surface area (Å²) in [7, 11) is 1.47. The van der Waals surface area contributed by atoms with Crippen LogP contribution >= 0.6 is 0 Å². The first-order valence-corrected chi connectivity index (χ1v) is 4.63. The Kier molecular flexibility index (Phi) is 4.08. The fraction of sp³-hybridized carbons (Fsp3) is 0.889. The minimum Gasteiger partial charge on any atom is -0.469 e. The van der Waals surface area contributed by atoms with Gasteiger partial charge >= 0.3 is 5.97 Å². The molecule has 1 fully saturated rings. The highest BCUT2D eigenvalue weighted by atomic mass is 16.5. The van der Waals surface area contributed by atoms with Gasteiger partial charge in [-0.1, -0.05) is 6.42 Å². The van der Waals surface area contributed by atoms with Crippen molar-refractivity contribution in [3.63, 3.8) is 0 Å². The van der Waals surface area contributed by atoms with Crippen molar-refractivity contribution in [2.75, 3.05) is 20.2 Å². The molecule has 3 nitrogen and oxygen atoms in total. The summed E-state index contributed by atoms with van der Waals surface area (Å²) in [6.45, 7) is 2.04. The molecule has 0 radical (unpaired) electrons. The molecule has 1 heterocycles. The summed E-state index contributed by atoms with van der Waals surface area (Å²) >= 11 is 0. The van der Waals surface area contributed by atoms with E-state index in [2.05, 4.69) is 5.32 Å². The first kappa shape index (κ1) is 9.52. The highest BCUT2D eigenvalue weighted by molar-refractivity contribution is 5.72. The van der Waals surface area contributed by atoms with Crippen LogP contribution in [0.5, 0.6) is 0 Å². The van der Waals surface area contributed by atoms with Crippen molar-refractivity contribution in [3.8, 4) is 0 Å². The van der Waals surface area contributed by atoms with Crippen LogP contribution in [0.3, 0.4) is 0 Å². The number of carbonyl (C=O) groups excluding carboxylic acids is 1. The smallest absolute Gasteiger partial charge is 0.308 e. The zero-order valence-electron chi connectivity index (χ0n) is 7.64. The lowest BCUT2D eigenvalue weighted by atomic mass is 9.97. The van der Waals surface area contributed by atoms with E-state index in [0.717, 1.165) is 32.4 Å². The van der Waals surface area contributed by atoms with Gasteiger partial charge in [-0.25, -0.2) is 0 Å². The normalized spacial score (nSPS) is 25.6. The van der Waals surface area contributed by atoms with Crippen LogP contribution in [0.15, 0.2) is 0 Å². The molecule has 12 heavy (non-hydrogen) atoms. The van der Waals surface area contributed by atoms with Gasteiger partial charge in [-0.05, 0) is 32.4 Å². The van der Waals surface area contributed by atoms with Gasteiger partial charge in [0.25, 0.3) is 0 Å². The zero-order chi connectivity index (χ0) is 8.81. The summed E-state index contributed by atoms with van der Waals surface area (Å²) in [5, 5.41) is 3.29. The van der Waals surface area contributed by atoms with E-state index in [1.807, 2.05) is 0 Å². The van der Waals surface area contributed by atoms with E-state index in [0.29, 0.717) is 0 Å². The maximum atomic E-state index is 11.2. The summed E-state index contributed by atoms with van der Waals surface area (Å²) in [5.41, 5.74) is 0. The lowest BCUT2D eigenvalue weighted by molar-refractivity contribution is -0.146. The molecule has 1 saturated heterocycles. The molecule has 1 atom stereocenters. The van der Waals surface area contributed by atoms with Crippen molar-refractivity contribution in [1.29, 1.82) is 0 Å². The number of nitrogens with one attached hydrogen (secondary N) is 1. The van der Waals surface area contributed by atoms with Crippen LogP contribution in [0.2, 0.25) is 0 Å². The second kappa shape index (κ2) is 5.14. The van der Waals surface area contributed by atoms with E-state index in [1.165, 1.54) is 13.5 Å². The number of esters is 1. The maximum absolute atomic E-state index is 11.2. The Balaban J connectivity index is 2.34. The quantitative estimate of drug-likeness (QED) is 0.597. The summed E-state index contributed by atoms with van der Waals surface area (Å²) in [6.07, 6.45) is 4.22. The first-order chi connectivity index (χ1) is 5.84. The molecule has 0 spiro atoms. The predicted octanol–water partition coefficient (Wildman–Crippen LogP) is 0.939. The van der Waals surface area contributed by atoms with Crippen molar-refractivity contribution in [1.82, 2.24) is 5.32 Å². The van der Waals surface area contributed by atoms with Gasteiger partial charge < -0.3 is 10.1 Å². The molecule has 0 saturated carbocycles. The molecule has 3 heteroatoms. The Bertz CT molecular complexity index is 139. The average molecular weight is 171 g/mol. The van der Waals surface area contributed by atoms with Crippen LogP contribution in [0.1, 0.15) is 25.7 Å². The summed E-state index contributed by atoms with van der Waals surface area (Å²) in [4.78, 5) is 11.2. The van der Waals surface area contributed by atoms with Crippen molar-refractivity contribution < 1.29 is 9.53 Å². The molecular formula is C9H17NO2. The Morgan fingerprint density at radius 3 is 2.92 bits per heavy atom. The molecule has 0 aromatic heterocycles. The largest absolute Gasteiger partial charge is 0.469 e. The minimum absolute atomic E-state index is 0.0429. The second-order valence-electron chi connectivity index (χ2n) is 3.25. The van der Waals surface area contributed by atoms with E-state index in [1.54, 1.807) is 0 Å². The molecule has 0 bridgehead atoms. The van der Waals surface area contributed by atoms with E-state index >= 15 is 0 Å². The number of rotatable bonds is 1. The van der Waals surface area contributed by atoms with Gasteiger partial charge in [-0.15, -0.1) is 0 Å². The Hall–Kier alpha value is -0.570. The third kappa shape index (κ3) is 2.81. The van der Waals surface area contributed by atoms with Crippen molar-refractivity contribution in [2.45, 2.75) is 25.7 Å². The molecule has 0 aromatic rings. The lowest BCUT2D eigenvalue weighted by Gasteiger charge is -2.17. The summed E-state index contributed by atoms with van der Waals surface area (Å²) in [6, 6.07) is 0. The molecular weight excluding hydrogens is 154 g/mol. The lowest BCUT2D eigenvalue weighted by Crippen LogP contribution is -2.26. The van der Waals surface area contributed by atoms with Crippen LogP contribution in [0.4, 0.5) is 0 Å². The number of ether oxygens (including phenoxy) is 1. The van der Waals surface area contributed by atoms with E-state index in [9.17, 15) is 4.79 Å². The molecule has 1 aliphatic heterocycles. The van der Waals surface area contributed by atoms with Gasteiger partial charge in [0.05, 0.1) is 13.0 Å². The third-order valence-corrected chi connectivity index (χ3v) is 2.36. The van der Waals surface area contributed by atoms with Gasteiger partial charge in [0.1, 0.15) is 0 Å². The third-order valence-electron chi connectivity index (χ3n) is 2.36. The first-order valence-electron chi connectivity index (χ1n) is 4.63. The predicted molar refractivity (Wildman–Crippen MR) is 46.8 cm³/mol. The molecule has 0 aromatic carbocycles. The van der Waals surface area contributed by atoms with Crippen LogP contribution in [0, 0.1) is 5.92 Å². The highest BCUT2D eigenvalue weighted by Gasteiger charge is 2.19. The summed E-state index contributed by atoms with van der Waals surface area (Å²) in [5.74, 6) is 0.0847. The fourth-order valence-electron chi connectivity index (χ4n) is 1.59. The van der Waals surface area contributed by atoms with Gasteiger partial charge in [-0.3, -0.25) is 4.79 Å². The molecule has 1 N–H and O–H groups in total. The minimum atomic E-state index is -0.0429. The number of hydrogen-bond acceptors (Lipinski definition) is 3. The van der Waals surface area contributed by atoms with Crippen LogP contribution < -0.4 is 5.32 Å². The number of carbonyl (C=O) groups is 1. The van der Waals surface area contributed by atoms with Crippen molar-refractivity contribution >= 4 is 5.97 Å². The van der Waals surface area contributed by atoms with Crippen LogP contribution in [0.25, 0.3) is 0 Å².